The number of aromatic hydroxyl groups is 1. The molecule has 152 valence electrons. The molecule has 0 aliphatic rings. The second kappa shape index (κ2) is 8.29. The zero-order valence-corrected chi connectivity index (χ0v) is 16.9. The molecule has 2 aromatic carbocycles. The predicted octanol–water partition coefficient (Wildman–Crippen LogP) is 3.96. The Morgan fingerprint density at radius 1 is 1.17 bits per heavy atom. The number of carbonyl (C=O) groups is 1. The number of phenols is 1. The molecule has 0 aliphatic carbocycles. The third-order valence-corrected chi connectivity index (χ3v) is 5.00. The third-order valence-electron chi connectivity index (χ3n) is 5.00. The van der Waals surface area contributed by atoms with Gasteiger partial charge in [0.1, 0.15) is 0 Å². The number of hydrogen-bond donors (Lipinski definition) is 1. The Kier molecular flexibility index (Phi) is 5.39. The van der Waals surface area contributed by atoms with Crippen LogP contribution in [0.1, 0.15) is 16.8 Å². The van der Waals surface area contributed by atoms with E-state index in [1.165, 1.54) is 7.11 Å². The van der Waals surface area contributed by atoms with Crippen molar-refractivity contribution in [2.75, 3.05) is 7.11 Å². The van der Waals surface area contributed by atoms with E-state index in [0.29, 0.717) is 18.7 Å². The van der Waals surface area contributed by atoms with E-state index in [0.717, 1.165) is 27.7 Å². The molecule has 0 aliphatic heterocycles. The number of phenolic OH excluding ortho intramolecular Hbond substituents is 1. The molecule has 0 fully saturated rings. The fourth-order valence-electron chi connectivity index (χ4n) is 3.58. The van der Waals surface area contributed by atoms with Crippen LogP contribution in [0.2, 0.25) is 0 Å². The molecular weight excluding hydrogens is 378 g/mol. The van der Waals surface area contributed by atoms with Gasteiger partial charge in [-0.25, -0.2) is 0 Å². The molecule has 0 saturated carbocycles. The Balaban J connectivity index is 1.55. The summed E-state index contributed by atoms with van der Waals surface area (Å²) in [4.78, 5) is 12.6. The minimum absolute atomic E-state index is 0.0107. The molecule has 1 N–H and O–H groups in total. The number of carbonyl (C=O) groups excluding carboxylic acids is 1. The van der Waals surface area contributed by atoms with E-state index < -0.39 is 0 Å². The average Bonchev–Trinajstić information content (AvgIpc) is 3.33. The van der Waals surface area contributed by atoms with Crippen LogP contribution in [-0.2, 0) is 24.8 Å². The summed E-state index contributed by atoms with van der Waals surface area (Å²) in [5.41, 5.74) is 3.72. The zero-order chi connectivity index (χ0) is 21.1. The van der Waals surface area contributed by atoms with Crippen molar-refractivity contribution in [3.63, 3.8) is 0 Å². The maximum absolute atomic E-state index is 12.6. The fourth-order valence-corrected chi connectivity index (χ4v) is 3.58. The van der Waals surface area contributed by atoms with Gasteiger partial charge in [0.15, 0.2) is 17.3 Å². The first-order chi connectivity index (χ1) is 14.5. The molecule has 6 nitrogen and oxygen atoms in total. The average molecular weight is 401 g/mol. The molecule has 6 heteroatoms. The Labute approximate surface area is 174 Å². The van der Waals surface area contributed by atoms with Gasteiger partial charge in [0.2, 0.25) is 0 Å². The number of methoxy groups -OCH3 is 1. The standard InChI is InChI=1S/C24H23N3O3/c1-26-12-11-20(25-26)16-27-13-10-18-4-3-5-19(24(18)27)15-21(28)8-6-17-7-9-23(30-2)22(29)14-17/h3-14,29H,15-16H2,1-2H3/b8-6+. The second-order valence-electron chi connectivity index (χ2n) is 7.19. The highest BCUT2D eigenvalue weighted by molar-refractivity contribution is 5.97. The van der Waals surface area contributed by atoms with Crippen LogP contribution in [-0.4, -0.2) is 32.3 Å². The van der Waals surface area contributed by atoms with Crippen LogP contribution < -0.4 is 4.74 Å². The summed E-state index contributed by atoms with van der Waals surface area (Å²) in [6.07, 6.45) is 7.50. The lowest BCUT2D eigenvalue weighted by atomic mass is 10.0. The molecule has 30 heavy (non-hydrogen) atoms. The van der Waals surface area contributed by atoms with Crippen molar-refractivity contribution < 1.29 is 14.6 Å². The van der Waals surface area contributed by atoms with Crippen molar-refractivity contribution in [3.8, 4) is 11.5 Å². The number of para-hydroxylation sites is 1. The van der Waals surface area contributed by atoms with Crippen molar-refractivity contribution in [2.24, 2.45) is 7.05 Å². The molecule has 4 rings (SSSR count). The zero-order valence-electron chi connectivity index (χ0n) is 16.9. The van der Waals surface area contributed by atoms with Crippen LogP contribution in [0.25, 0.3) is 17.0 Å². The van der Waals surface area contributed by atoms with Crippen molar-refractivity contribution in [2.45, 2.75) is 13.0 Å². The first-order valence-electron chi connectivity index (χ1n) is 9.66. The topological polar surface area (TPSA) is 69.3 Å². The maximum Gasteiger partial charge on any atom is 0.160 e. The van der Waals surface area contributed by atoms with Gasteiger partial charge >= 0.3 is 0 Å². The van der Waals surface area contributed by atoms with Crippen molar-refractivity contribution in [1.29, 1.82) is 0 Å². The van der Waals surface area contributed by atoms with Gasteiger partial charge in [0.05, 0.1) is 24.9 Å². The maximum atomic E-state index is 12.6. The highest BCUT2D eigenvalue weighted by Gasteiger charge is 2.11. The van der Waals surface area contributed by atoms with Gasteiger partial charge in [-0.3, -0.25) is 9.48 Å². The number of nitrogens with zero attached hydrogens (tertiary/aromatic N) is 3. The number of benzene rings is 2. The first-order valence-corrected chi connectivity index (χ1v) is 9.66. The summed E-state index contributed by atoms with van der Waals surface area (Å²) in [6, 6.07) is 15.1. The Morgan fingerprint density at radius 2 is 2.03 bits per heavy atom. The van der Waals surface area contributed by atoms with Crippen LogP contribution in [0, 0.1) is 0 Å². The van der Waals surface area contributed by atoms with E-state index >= 15 is 0 Å². The van der Waals surface area contributed by atoms with Crippen LogP contribution >= 0.6 is 0 Å². The van der Waals surface area contributed by atoms with Gasteiger partial charge in [0.25, 0.3) is 0 Å². The quantitative estimate of drug-likeness (QED) is 0.476. The molecule has 4 aromatic rings. The molecule has 0 spiro atoms. The molecule has 0 bridgehead atoms. The lowest BCUT2D eigenvalue weighted by molar-refractivity contribution is -0.113. The number of fused-ring (bicyclic) bond motifs is 1. The number of ketones is 1. The molecule has 0 saturated heterocycles. The molecule has 2 heterocycles. The van der Waals surface area contributed by atoms with E-state index in [-0.39, 0.29) is 11.5 Å². The van der Waals surface area contributed by atoms with Crippen molar-refractivity contribution in [3.05, 3.63) is 83.8 Å². The highest BCUT2D eigenvalue weighted by atomic mass is 16.5. The molecule has 0 unspecified atom stereocenters. The fraction of sp³-hybridized carbons (Fsp3) is 0.167. The van der Waals surface area contributed by atoms with Gasteiger partial charge in [-0.1, -0.05) is 30.3 Å². The number of ether oxygens (including phenoxy) is 1. The van der Waals surface area contributed by atoms with E-state index in [4.69, 9.17) is 4.74 Å². The van der Waals surface area contributed by atoms with Gasteiger partial charge in [-0.05, 0) is 46.9 Å². The Bertz CT molecular complexity index is 1230. The van der Waals surface area contributed by atoms with Gasteiger partial charge in [-0.2, -0.15) is 5.10 Å². The van der Waals surface area contributed by atoms with E-state index in [2.05, 4.69) is 15.7 Å². The van der Waals surface area contributed by atoms with Crippen LogP contribution in [0.15, 0.2) is 67.0 Å². The van der Waals surface area contributed by atoms with Crippen LogP contribution in [0.3, 0.4) is 0 Å². The summed E-state index contributed by atoms with van der Waals surface area (Å²) in [7, 11) is 3.40. The monoisotopic (exact) mass is 401 g/mol. The molecule has 0 radical (unpaired) electrons. The van der Waals surface area contributed by atoms with E-state index in [9.17, 15) is 9.90 Å². The van der Waals surface area contributed by atoms with Gasteiger partial charge in [0, 0.05) is 25.9 Å². The second-order valence-corrected chi connectivity index (χ2v) is 7.19. The van der Waals surface area contributed by atoms with Gasteiger partial charge in [-0.15, -0.1) is 0 Å². The summed E-state index contributed by atoms with van der Waals surface area (Å²) in [5, 5.41) is 15.4. The van der Waals surface area contributed by atoms with E-state index in [1.54, 1.807) is 35.0 Å². The Hall–Kier alpha value is -3.80. The first kappa shape index (κ1) is 19.5. The highest BCUT2D eigenvalue weighted by Crippen LogP contribution is 2.27. The number of rotatable bonds is 7. The molecule has 0 atom stereocenters. The summed E-state index contributed by atoms with van der Waals surface area (Å²) >= 11 is 0. The minimum Gasteiger partial charge on any atom is -0.504 e. The Morgan fingerprint density at radius 3 is 2.77 bits per heavy atom. The van der Waals surface area contributed by atoms with Crippen molar-refractivity contribution in [1.82, 2.24) is 14.3 Å². The van der Waals surface area contributed by atoms with Crippen molar-refractivity contribution >= 4 is 22.8 Å². The minimum atomic E-state index is -0.0107. The normalized spacial score (nSPS) is 11.4. The summed E-state index contributed by atoms with van der Waals surface area (Å²) < 4.78 is 8.96. The lowest BCUT2D eigenvalue weighted by Gasteiger charge is -2.08. The SMILES string of the molecule is COc1ccc(/C=C/C(=O)Cc2cccc3ccn(Cc4ccn(C)n4)c23)cc1O. The summed E-state index contributed by atoms with van der Waals surface area (Å²) in [5.74, 6) is 0.437. The van der Waals surface area contributed by atoms with E-state index in [1.807, 2.05) is 43.7 Å². The number of aromatic nitrogens is 3. The molecule has 0 amide bonds. The van der Waals surface area contributed by atoms with Gasteiger partial charge < -0.3 is 14.4 Å². The van der Waals surface area contributed by atoms with Crippen LogP contribution in [0.5, 0.6) is 11.5 Å². The molecule has 2 aromatic heterocycles. The number of hydrogen-bond acceptors (Lipinski definition) is 4. The van der Waals surface area contributed by atoms with Crippen LogP contribution in [0.4, 0.5) is 0 Å². The largest absolute Gasteiger partial charge is 0.504 e. The third kappa shape index (κ3) is 4.12. The smallest absolute Gasteiger partial charge is 0.160 e. The lowest BCUT2D eigenvalue weighted by Crippen LogP contribution is -2.04. The number of aryl methyl sites for hydroxylation is 1. The molecular formula is C24H23N3O3. The summed E-state index contributed by atoms with van der Waals surface area (Å²) in [6.45, 7) is 0.649. The predicted molar refractivity (Wildman–Crippen MR) is 117 cm³/mol. The number of allylic oxidation sites excluding steroid dienone is 1.